The second-order valence-electron chi connectivity index (χ2n) is 3.27. The molecule has 5 heteroatoms. The fourth-order valence-corrected chi connectivity index (χ4v) is 1.57. The van der Waals surface area contributed by atoms with Crippen LogP contribution in [0, 0.1) is 5.82 Å². The zero-order chi connectivity index (χ0) is 11.0. The van der Waals surface area contributed by atoms with Crippen LogP contribution in [0.25, 0.3) is 10.9 Å². The van der Waals surface area contributed by atoms with E-state index in [4.69, 9.17) is 10.8 Å². The number of nitrogens with two attached hydrogens (primary N) is 1. The third kappa shape index (κ3) is 1.63. The molecule has 0 aliphatic carbocycles. The first kappa shape index (κ1) is 9.51. The third-order valence-corrected chi connectivity index (χ3v) is 2.18. The quantitative estimate of drug-likeness (QED) is 0.784. The predicted octanol–water partition coefficient (Wildman–Crippen LogP) is 1.45. The number of benzene rings is 1. The number of aliphatic carboxylic acids is 1. The van der Waals surface area contributed by atoms with Gasteiger partial charge in [0.25, 0.3) is 0 Å². The highest BCUT2D eigenvalue weighted by Crippen LogP contribution is 2.23. The minimum atomic E-state index is -0.990. The van der Waals surface area contributed by atoms with Gasteiger partial charge in [0.1, 0.15) is 12.4 Å². The second-order valence-corrected chi connectivity index (χ2v) is 3.27. The normalized spacial score (nSPS) is 10.7. The highest BCUT2D eigenvalue weighted by Gasteiger charge is 2.09. The Hall–Kier alpha value is -2.04. The van der Waals surface area contributed by atoms with Gasteiger partial charge in [-0.2, -0.15) is 0 Å². The van der Waals surface area contributed by atoms with Crippen molar-refractivity contribution in [2.45, 2.75) is 6.54 Å². The monoisotopic (exact) mass is 208 g/mol. The fourth-order valence-electron chi connectivity index (χ4n) is 1.57. The Morgan fingerprint density at radius 3 is 2.93 bits per heavy atom. The van der Waals surface area contributed by atoms with E-state index in [2.05, 4.69) is 0 Å². The lowest BCUT2D eigenvalue weighted by molar-refractivity contribution is -0.137. The highest BCUT2D eigenvalue weighted by molar-refractivity contribution is 5.92. The molecule has 0 amide bonds. The first-order valence-electron chi connectivity index (χ1n) is 4.33. The van der Waals surface area contributed by atoms with E-state index in [1.54, 1.807) is 6.07 Å². The largest absolute Gasteiger partial charge is 0.480 e. The van der Waals surface area contributed by atoms with Gasteiger partial charge in [-0.05, 0) is 18.2 Å². The van der Waals surface area contributed by atoms with E-state index in [-0.39, 0.29) is 6.54 Å². The molecular formula is C10H9FN2O2. The smallest absolute Gasteiger partial charge is 0.323 e. The molecule has 0 aliphatic rings. The lowest BCUT2D eigenvalue weighted by Gasteiger charge is -2.00. The van der Waals surface area contributed by atoms with E-state index in [1.807, 2.05) is 0 Å². The fraction of sp³-hybridized carbons (Fsp3) is 0.100. The van der Waals surface area contributed by atoms with Crippen molar-refractivity contribution >= 4 is 22.6 Å². The summed E-state index contributed by atoms with van der Waals surface area (Å²) in [6, 6.07) is 4.11. The lowest BCUT2D eigenvalue weighted by atomic mass is 10.2. The van der Waals surface area contributed by atoms with E-state index in [9.17, 15) is 9.18 Å². The maximum absolute atomic E-state index is 13.0. The van der Waals surface area contributed by atoms with Gasteiger partial charge < -0.3 is 15.4 Å². The SMILES string of the molecule is Nc1cn(CC(=O)O)c2cc(F)ccc12. The number of carboxylic acid groups (broad SMARTS) is 1. The van der Waals surface area contributed by atoms with Gasteiger partial charge in [-0.1, -0.05) is 0 Å². The molecule has 2 rings (SSSR count). The number of halogens is 1. The summed E-state index contributed by atoms with van der Waals surface area (Å²) in [5, 5.41) is 9.31. The molecule has 0 aliphatic heterocycles. The zero-order valence-electron chi connectivity index (χ0n) is 7.77. The van der Waals surface area contributed by atoms with Gasteiger partial charge >= 0.3 is 5.97 Å². The van der Waals surface area contributed by atoms with Crippen LogP contribution in [0.5, 0.6) is 0 Å². The van der Waals surface area contributed by atoms with Crippen molar-refractivity contribution in [2.24, 2.45) is 0 Å². The van der Waals surface area contributed by atoms with E-state index < -0.39 is 11.8 Å². The van der Waals surface area contributed by atoms with Crippen LogP contribution in [0.2, 0.25) is 0 Å². The number of aromatic nitrogens is 1. The second kappa shape index (κ2) is 3.27. The standard InChI is InChI=1S/C10H9FN2O2/c11-6-1-2-7-8(12)4-13(5-10(14)15)9(7)3-6/h1-4H,5,12H2,(H,14,15). The first-order valence-corrected chi connectivity index (χ1v) is 4.33. The number of carbonyl (C=O) groups is 1. The Kier molecular flexibility index (Phi) is 2.07. The molecule has 0 atom stereocenters. The average Bonchev–Trinajstić information content (AvgIpc) is 2.42. The molecule has 1 aromatic carbocycles. The molecule has 0 fully saturated rings. The summed E-state index contributed by atoms with van der Waals surface area (Å²) in [4.78, 5) is 10.6. The van der Waals surface area contributed by atoms with Crippen LogP contribution >= 0.6 is 0 Å². The van der Waals surface area contributed by atoms with Crippen molar-refractivity contribution in [2.75, 3.05) is 5.73 Å². The Morgan fingerprint density at radius 1 is 1.53 bits per heavy atom. The topological polar surface area (TPSA) is 68.2 Å². The van der Waals surface area contributed by atoms with Crippen LogP contribution in [0.3, 0.4) is 0 Å². The molecule has 0 bridgehead atoms. The number of carboxylic acids is 1. The maximum atomic E-state index is 13.0. The Bertz CT molecular complexity index is 533. The van der Waals surface area contributed by atoms with E-state index in [1.165, 1.54) is 22.9 Å². The number of fused-ring (bicyclic) bond motifs is 1. The number of nitrogens with zero attached hydrogens (tertiary/aromatic N) is 1. The van der Waals surface area contributed by atoms with Gasteiger partial charge in [0, 0.05) is 11.6 Å². The molecule has 78 valence electrons. The summed E-state index contributed by atoms with van der Waals surface area (Å²) in [7, 11) is 0. The zero-order valence-corrected chi connectivity index (χ0v) is 7.77. The molecule has 0 saturated carbocycles. The molecule has 0 saturated heterocycles. The number of rotatable bonds is 2. The summed E-state index contributed by atoms with van der Waals surface area (Å²) in [6.07, 6.45) is 1.50. The van der Waals surface area contributed by atoms with Crippen molar-refractivity contribution in [1.29, 1.82) is 0 Å². The minimum absolute atomic E-state index is 0.225. The van der Waals surface area contributed by atoms with Crippen LogP contribution in [-0.4, -0.2) is 15.6 Å². The molecule has 4 nitrogen and oxygen atoms in total. The summed E-state index contributed by atoms with van der Waals surface area (Å²) < 4.78 is 14.4. The van der Waals surface area contributed by atoms with Crippen molar-refractivity contribution < 1.29 is 14.3 Å². The molecule has 2 aromatic rings. The van der Waals surface area contributed by atoms with Crippen LogP contribution in [-0.2, 0) is 11.3 Å². The molecule has 1 heterocycles. The Balaban J connectivity index is 2.64. The lowest BCUT2D eigenvalue weighted by Crippen LogP contribution is -2.07. The van der Waals surface area contributed by atoms with Crippen LogP contribution in [0.15, 0.2) is 24.4 Å². The summed E-state index contributed by atoms with van der Waals surface area (Å²) in [6.45, 7) is -0.225. The van der Waals surface area contributed by atoms with Crippen molar-refractivity contribution in [3.05, 3.63) is 30.2 Å². The van der Waals surface area contributed by atoms with Crippen molar-refractivity contribution in [3.8, 4) is 0 Å². The van der Waals surface area contributed by atoms with Gasteiger partial charge in [-0.15, -0.1) is 0 Å². The number of hydrogen-bond acceptors (Lipinski definition) is 2. The molecular weight excluding hydrogens is 199 g/mol. The van der Waals surface area contributed by atoms with Gasteiger partial charge in [0.15, 0.2) is 0 Å². The molecule has 0 spiro atoms. The van der Waals surface area contributed by atoms with Gasteiger partial charge in [-0.25, -0.2) is 4.39 Å². The van der Waals surface area contributed by atoms with Gasteiger partial charge in [-0.3, -0.25) is 4.79 Å². The molecule has 1 aromatic heterocycles. The average molecular weight is 208 g/mol. The molecule has 0 radical (unpaired) electrons. The Labute approximate surface area is 84.7 Å². The van der Waals surface area contributed by atoms with E-state index >= 15 is 0 Å². The predicted molar refractivity (Wildman–Crippen MR) is 53.9 cm³/mol. The van der Waals surface area contributed by atoms with Gasteiger partial charge in [0.2, 0.25) is 0 Å². The van der Waals surface area contributed by atoms with Crippen molar-refractivity contribution in [1.82, 2.24) is 4.57 Å². The molecule has 0 unspecified atom stereocenters. The van der Waals surface area contributed by atoms with E-state index in [0.717, 1.165) is 0 Å². The van der Waals surface area contributed by atoms with Crippen LogP contribution in [0.1, 0.15) is 0 Å². The van der Waals surface area contributed by atoms with Crippen LogP contribution < -0.4 is 5.73 Å². The first-order chi connectivity index (χ1) is 7.08. The maximum Gasteiger partial charge on any atom is 0.323 e. The highest BCUT2D eigenvalue weighted by atomic mass is 19.1. The Morgan fingerprint density at radius 2 is 2.27 bits per heavy atom. The molecule has 3 N–H and O–H groups in total. The summed E-state index contributed by atoms with van der Waals surface area (Å²) in [5.74, 6) is -1.40. The number of nitrogen functional groups attached to an aromatic ring is 1. The summed E-state index contributed by atoms with van der Waals surface area (Å²) >= 11 is 0. The van der Waals surface area contributed by atoms with Gasteiger partial charge in [0.05, 0.1) is 11.2 Å². The van der Waals surface area contributed by atoms with E-state index in [0.29, 0.717) is 16.6 Å². The molecule has 15 heavy (non-hydrogen) atoms. The van der Waals surface area contributed by atoms with Crippen molar-refractivity contribution in [3.63, 3.8) is 0 Å². The number of anilines is 1. The minimum Gasteiger partial charge on any atom is -0.480 e. The third-order valence-electron chi connectivity index (χ3n) is 2.18. The van der Waals surface area contributed by atoms with Crippen LogP contribution in [0.4, 0.5) is 10.1 Å². The number of hydrogen-bond donors (Lipinski definition) is 2. The summed E-state index contributed by atoms with van der Waals surface area (Å²) in [5.41, 5.74) is 6.61.